The number of carbonyl (C=O) groups excluding carboxylic acids is 1. The normalized spacial score (nSPS) is 12.8. The number of anilines is 1. The molecule has 0 saturated heterocycles. The molecule has 0 fully saturated rings. The fourth-order valence-electron chi connectivity index (χ4n) is 4.54. The van der Waals surface area contributed by atoms with E-state index in [1.807, 2.05) is 0 Å². The van der Waals surface area contributed by atoms with Gasteiger partial charge in [0.1, 0.15) is 24.3 Å². The average molecular weight is 566 g/mol. The van der Waals surface area contributed by atoms with Gasteiger partial charge in [0.05, 0.1) is 25.2 Å². The summed E-state index contributed by atoms with van der Waals surface area (Å²) in [4.78, 5) is 15.5. The van der Waals surface area contributed by atoms with Crippen LogP contribution in [-0.4, -0.2) is 38.5 Å². The van der Waals surface area contributed by atoms with Gasteiger partial charge in [0.2, 0.25) is 5.36 Å². The van der Waals surface area contributed by atoms with E-state index in [2.05, 4.69) is 10.3 Å². The monoisotopic (exact) mass is 565 g/mol. The number of ether oxygens (including phenoxy) is 1. The number of carbonyl (C=O) groups is 1. The molecule has 2 N–H and O–H groups in total. The third-order valence-electron chi connectivity index (χ3n) is 6.46. The molecule has 40 heavy (non-hydrogen) atoms. The number of esters is 1. The minimum Gasteiger partial charge on any atom is -0.465 e. The summed E-state index contributed by atoms with van der Waals surface area (Å²) >= 11 is 0. The Kier molecular flexibility index (Phi) is 8.13. The lowest BCUT2D eigenvalue weighted by Crippen LogP contribution is -2.77. The smallest absolute Gasteiger partial charge is 0.395 e. The summed E-state index contributed by atoms with van der Waals surface area (Å²) in [6, 6.07) is 13.5. The topological polar surface area (TPSA) is 65.4 Å². The third-order valence-corrected chi connectivity index (χ3v) is 6.46. The van der Waals surface area contributed by atoms with E-state index in [-0.39, 0.29) is 18.7 Å². The van der Waals surface area contributed by atoms with Crippen LogP contribution in [0.25, 0.3) is 33.4 Å². The summed E-state index contributed by atoms with van der Waals surface area (Å²) in [5.41, 5.74) is 4.09. The molecule has 212 valence electrons. The first-order chi connectivity index (χ1) is 18.8. The van der Waals surface area contributed by atoms with Gasteiger partial charge in [-0.15, -0.1) is 0 Å². The first kappa shape index (κ1) is 29.0. The highest BCUT2D eigenvalue weighted by Gasteiger charge is 2.29. The fraction of sp³-hybridized carbons (Fsp3) is 0.310. The van der Waals surface area contributed by atoms with E-state index in [4.69, 9.17) is 9.15 Å². The van der Waals surface area contributed by atoms with E-state index in [0.29, 0.717) is 55.6 Å². The second kappa shape index (κ2) is 11.2. The number of alkyl halides is 6. The first-order valence-electron chi connectivity index (χ1n) is 12.4. The Balaban J connectivity index is 1.98. The molecule has 5 nitrogen and oxygen atoms in total. The van der Waals surface area contributed by atoms with Crippen molar-refractivity contribution < 1.29 is 45.3 Å². The molecule has 0 saturated carbocycles. The molecule has 4 rings (SSSR count). The van der Waals surface area contributed by atoms with Crippen molar-refractivity contribution in [2.75, 3.05) is 25.5 Å². The van der Waals surface area contributed by atoms with Crippen molar-refractivity contribution in [2.45, 2.75) is 39.0 Å². The fourth-order valence-corrected chi connectivity index (χ4v) is 4.54. The van der Waals surface area contributed by atoms with Gasteiger partial charge in [-0.25, -0.2) is 9.79 Å². The van der Waals surface area contributed by atoms with Crippen LogP contribution in [0.5, 0.6) is 0 Å². The number of hydrogen-bond acceptors (Lipinski definition) is 4. The highest BCUT2D eigenvalue weighted by molar-refractivity contribution is 6.08. The maximum absolute atomic E-state index is 12.7. The van der Waals surface area contributed by atoms with Crippen molar-refractivity contribution in [1.82, 2.24) is 0 Å². The average Bonchev–Trinajstić information content (AvgIpc) is 2.86. The SMILES string of the molecule is COC(=O)c1ccccc1-c1c2cc(C)c(=[NH+]CCC(F)(F)F)cc-2oc2cc(NCCC(F)(F)F)c(C)cc12. The summed E-state index contributed by atoms with van der Waals surface area (Å²) in [5, 5.41) is 3.83. The zero-order chi connectivity index (χ0) is 29.2. The van der Waals surface area contributed by atoms with Crippen LogP contribution in [0.3, 0.4) is 0 Å². The molecule has 1 aliphatic heterocycles. The van der Waals surface area contributed by atoms with Gasteiger partial charge < -0.3 is 14.5 Å². The number of nitrogens with one attached hydrogen (secondary N) is 2. The van der Waals surface area contributed by atoms with Crippen LogP contribution in [0.1, 0.15) is 34.3 Å². The Labute approximate surface area is 225 Å². The number of rotatable bonds is 7. The number of halogens is 6. The summed E-state index contributed by atoms with van der Waals surface area (Å²) in [6.07, 6.45) is -10.7. The van der Waals surface area contributed by atoms with E-state index in [1.165, 1.54) is 7.11 Å². The van der Waals surface area contributed by atoms with E-state index in [1.54, 1.807) is 62.4 Å². The van der Waals surface area contributed by atoms with Crippen LogP contribution in [0.4, 0.5) is 32.0 Å². The molecule has 0 radical (unpaired) electrons. The number of aryl methyl sites for hydroxylation is 2. The molecule has 2 aromatic rings. The van der Waals surface area contributed by atoms with E-state index in [9.17, 15) is 31.1 Å². The molecule has 0 unspecified atom stereocenters. The Bertz CT molecular complexity index is 1590. The summed E-state index contributed by atoms with van der Waals surface area (Å²) in [5.74, 6) is -0.255. The minimum atomic E-state index is -4.32. The van der Waals surface area contributed by atoms with Gasteiger partial charge in [-0.1, -0.05) is 18.2 Å². The molecule has 0 atom stereocenters. The predicted molar refractivity (Wildman–Crippen MR) is 138 cm³/mol. The van der Waals surface area contributed by atoms with Crippen LogP contribution in [0.15, 0.2) is 52.9 Å². The lowest BCUT2D eigenvalue weighted by molar-refractivity contribution is -0.507. The molecule has 1 aliphatic carbocycles. The van der Waals surface area contributed by atoms with Crippen LogP contribution in [0, 0.1) is 13.8 Å². The summed E-state index contributed by atoms with van der Waals surface area (Å²) in [6.45, 7) is 2.81. The maximum Gasteiger partial charge on any atom is 0.395 e. The van der Waals surface area contributed by atoms with Gasteiger partial charge in [-0.2, -0.15) is 26.3 Å². The Hall–Kier alpha value is -4.02. The lowest BCUT2D eigenvalue weighted by Gasteiger charge is -2.19. The zero-order valence-electron chi connectivity index (χ0n) is 21.9. The van der Waals surface area contributed by atoms with Crippen molar-refractivity contribution in [1.29, 1.82) is 0 Å². The largest absolute Gasteiger partial charge is 0.465 e. The molecule has 0 bridgehead atoms. The standard InChI is InChI=1S/C29H26F6N2O3/c1-16-12-20-24(14-22(16)36-10-8-28(30,31)32)40-25-15-23(37-11-9-29(33,34)35)17(2)13-21(25)26(20)18-6-4-5-7-19(18)27(38)39-3/h4-7,12-15,36H,8-11H2,1-3H3/p+1. The van der Waals surface area contributed by atoms with Gasteiger partial charge in [-0.05, 0) is 43.2 Å². The molecular formula is C29H27F6N2O3+. The van der Waals surface area contributed by atoms with Crippen LogP contribution < -0.4 is 15.7 Å². The third kappa shape index (κ3) is 6.57. The van der Waals surface area contributed by atoms with Crippen molar-refractivity contribution >= 4 is 22.6 Å². The molecule has 2 aromatic carbocycles. The summed E-state index contributed by atoms with van der Waals surface area (Å²) < 4.78 is 87.5. The van der Waals surface area contributed by atoms with Crippen molar-refractivity contribution in [3.63, 3.8) is 0 Å². The van der Waals surface area contributed by atoms with Gasteiger partial charge in [-0.3, -0.25) is 0 Å². The van der Waals surface area contributed by atoms with Gasteiger partial charge >= 0.3 is 18.3 Å². The van der Waals surface area contributed by atoms with E-state index < -0.39 is 31.2 Å². The van der Waals surface area contributed by atoms with Gasteiger partial charge in [0.25, 0.3) is 0 Å². The lowest BCUT2D eigenvalue weighted by atomic mass is 9.89. The molecule has 0 amide bonds. The molecule has 0 aromatic heterocycles. The minimum absolute atomic E-state index is 0.286. The summed E-state index contributed by atoms with van der Waals surface area (Å²) in [7, 11) is 1.27. The molecule has 0 spiro atoms. The Morgan fingerprint density at radius 3 is 2.30 bits per heavy atom. The molecule has 2 aliphatic rings. The van der Waals surface area contributed by atoms with E-state index >= 15 is 0 Å². The highest BCUT2D eigenvalue weighted by atomic mass is 19.4. The quantitative estimate of drug-likeness (QED) is 0.166. The Morgan fingerprint density at radius 2 is 1.62 bits per heavy atom. The number of fused-ring (bicyclic) bond motifs is 2. The number of hydrogen-bond donors (Lipinski definition) is 2. The van der Waals surface area contributed by atoms with Crippen LogP contribution in [0.2, 0.25) is 0 Å². The van der Waals surface area contributed by atoms with Crippen molar-refractivity contribution in [2.24, 2.45) is 0 Å². The van der Waals surface area contributed by atoms with Crippen LogP contribution in [-0.2, 0) is 4.74 Å². The van der Waals surface area contributed by atoms with Crippen LogP contribution >= 0.6 is 0 Å². The first-order valence-corrected chi connectivity index (χ1v) is 12.4. The van der Waals surface area contributed by atoms with E-state index in [0.717, 1.165) is 0 Å². The second-order valence-corrected chi connectivity index (χ2v) is 9.42. The molecular weight excluding hydrogens is 538 g/mol. The Morgan fingerprint density at radius 1 is 0.925 bits per heavy atom. The molecule has 11 heteroatoms. The maximum atomic E-state index is 12.7. The molecule has 1 heterocycles. The number of benzene rings is 3. The number of methoxy groups -OCH3 is 1. The second-order valence-electron chi connectivity index (χ2n) is 9.42. The van der Waals surface area contributed by atoms with Crippen molar-refractivity contribution in [3.8, 4) is 22.5 Å². The van der Waals surface area contributed by atoms with Crippen molar-refractivity contribution in [3.05, 3.63) is 70.6 Å². The van der Waals surface area contributed by atoms with Gasteiger partial charge in [0.15, 0.2) is 0 Å². The highest BCUT2D eigenvalue weighted by Crippen LogP contribution is 2.43. The predicted octanol–water partition coefficient (Wildman–Crippen LogP) is 5.91. The van der Waals surface area contributed by atoms with Gasteiger partial charge in [0, 0.05) is 40.4 Å². The zero-order valence-corrected chi connectivity index (χ0v) is 21.9.